The normalized spacial score (nSPS) is 10.7. The number of hydrogen-bond donors (Lipinski definition) is 2. The molecule has 6 heteroatoms. The van der Waals surface area contributed by atoms with Crippen LogP contribution >= 0.6 is 0 Å². The molecule has 3 aromatic rings. The third-order valence-corrected chi connectivity index (χ3v) is 4.00. The Morgan fingerprint density at radius 1 is 1.12 bits per heavy atom. The maximum Gasteiger partial charge on any atom is 0.271 e. The third-order valence-electron chi connectivity index (χ3n) is 4.00. The second kappa shape index (κ2) is 6.76. The number of amides is 2. The molecule has 0 aliphatic carbocycles. The van der Waals surface area contributed by atoms with Gasteiger partial charge in [-0.05, 0) is 49.6 Å². The Kier molecular flexibility index (Phi) is 4.52. The Balaban J connectivity index is 1.64. The molecule has 0 aliphatic rings. The van der Waals surface area contributed by atoms with Gasteiger partial charge in [0.05, 0.1) is 6.54 Å². The largest absolute Gasteiger partial charge is 0.342 e. The van der Waals surface area contributed by atoms with Crippen LogP contribution in [-0.4, -0.2) is 27.7 Å². The molecule has 0 unspecified atom stereocenters. The van der Waals surface area contributed by atoms with Crippen LogP contribution in [0.4, 0.5) is 5.69 Å². The first-order chi connectivity index (χ1) is 11.9. The number of imidazole rings is 1. The highest BCUT2D eigenvalue weighted by Gasteiger charge is 2.13. The number of fused-ring (bicyclic) bond motifs is 1. The summed E-state index contributed by atoms with van der Waals surface area (Å²) in [6, 6.07) is 9.63. The Morgan fingerprint density at radius 3 is 2.56 bits per heavy atom. The van der Waals surface area contributed by atoms with Gasteiger partial charge in [0.25, 0.3) is 5.91 Å². The topological polar surface area (TPSA) is 75.5 Å². The summed E-state index contributed by atoms with van der Waals surface area (Å²) < 4.78 is 1.78. The van der Waals surface area contributed by atoms with Gasteiger partial charge in [0, 0.05) is 18.1 Å². The number of nitrogens with one attached hydrogen (secondary N) is 2. The van der Waals surface area contributed by atoms with Gasteiger partial charge < -0.3 is 15.0 Å². The SMILES string of the molecule is Cc1ccn2cc(C(=O)NCC(=O)Nc3c(C)cccc3C)nc2c1. The molecule has 2 amide bonds. The highest BCUT2D eigenvalue weighted by molar-refractivity contribution is 5.99. The van der Waals surface area contributed by atoms with Crippen LogP contribution < -0.4 is 10.6 Å². The quantitative estimate of drug-likeness (QED) is 0.769. The minimum atomic E-state index is -0.377. The monoisotopic (exact) mass is 336 g/mol. The number of benzene rings is 1. The maximum atomic E-state index is 12.2. The molecule has 0 radical (unpaired) electrons. The number of hydrogen-bond acceptors (Lipinski definition) is 3. The van der Waals surface area contributed by atoms with Crippen LogP contribution in [0.2, 0.25) is 0 Å². The van der Waals surface area contributed by atoms with E-state index in [9.17, 15) is 9.59 Å². The number of pyridine rings is 1. The van der Waals surface area contributed by atoms with Crippen LogP contribution in [0.5, 0.6) is 0 Å². The van der Waals surface area contributed by atoms with Gasteiger partial charge in [-0.2, -0.15) is 0 Å². The van der Waals surface area contributed by atoms with Crippen molar-refractivity contribution >= 4 is 23.1 Å². The molecule has 2 heterocycles. The predicted octanol–water partition coefficient (Wildman–Crippen LogP) is 2.63. The van der Waals surface area contributed by atoms with Crippen molar-refractivity contribution in [2.45, 2.75) is 20.8 Å². The van der Waals surface area contributed by atoms with Gasteiger partial charge in [0.1, 0.15) is 11.3 Å². The van der Waals surface area contributed by atoms with Crippen molar-refractivity contribution in [2.75, 3.05) is 11.9 Å². The molecule has 2 N–H and O–H groups in total. The Labute approximate surface area is 145 Å². The van der Waals surface area contributed by atoms with E-state index in [0.29, 0.717) is 5.65 Å². The average Bonchev–Trinajstić information content (AvgIpc) is 2.99. The lowest BCUT2D eigenvalue weighted by Crippen LogP contribution is -2.33. The molecule has 25 heavy (non-hydrogen) atoms. The fraction of sp³-hybridized carbons (Fsp3) is 0.211. The zero-order chi connectivity index (χ0) is 18.0. The van der Waals surface area contributed by atoms with Gasteiger partial charge in [0.15, 0.2) is 0 Å². The lowest BCUT2D eigenvalue weighted by Gasteiger charge is -2.11. The van der Waals surface area contributed by atoms with Crippen LogP contribution in [0.25, 0.3) is 5.65 Å². The Morgan fingerprint density at radius 2 is 1.84 bits per heavy atom. The van der Waals surface area contributed by atoms with Crippen LogP contribution in [0.15, 0.2) is 42.7 Å². The van der Waals surface area contributed by atoms with Crippen molar-refractivity contribution < 1.29 is 9.59 Å². The zero-order valence-corrected chi connectivity index (χ0v) is 14.5. The number of aryl methyl sites for hydroxylation is 3. The summed E-state index contributed by atoms with van der Waals surface area (Å²) in [5.41, 5.74) is 4.80. The van der Waals surface area contributed by atoms with Crippen molar-refractivity contribution in [3.8, 4) is 0 Å². The summed E-state index contributed by atoms with van der Waals surface area (Å²) in [5.74, 6) is -0.650. The van der Waals surface area contributed by atoms with Crippen molar-refractivity contribution in [3.63, 3.8) is 0 Å². The number of aromatic nitrogens is 2. The summed E-state index contributed by atoms with van der Waals surface area (Å²) >= 11 is 0. The molecule has 0 bridgehead atoms. The molecule has 128 valence electrons. The number of nitrogens with zero attached hydrogens (tertiary/aromatic N) is 2. The Hall–Kier alpha value is -3.15. The van der Waals surface area contributed by atoms with Crippen molar-refractivity contribution in [1.82, 2.24) is 14.7 Å². The fourth-order valence-corrected chi connectivity index (χ4v) is 2.64. The number of carbonyl (C=O) groups is 2. The molecule has 6 nitrogen and oxygen atoms in total. The zero-order valence-electron chi connectivity index (χ0n) is 14.5. The first kappa shape index (κ1) is 16.7. The third kappa shape index (κ3) is 3.68. The van der Waals surface area contributed by atoms with Gasteiger partial charge in [-0.1, -0.05) is 18.2 Å². The first-order valence-electron chi connectivity index (χ1n) is 8.03. The molecule has 2 aromatic heterocycles. The smallest absolute Gasteiger partial charge is 0.271 e. The van der Waals surface area contributed by atoms with Crippen LogP contribution in [-0.2, 0) is 4.79 Å². The molecule has 0 saturated carbocycles. The molecular weight excluding hydrogens is 316 g/mol. The predicted molar refractivity (Wildman–Crippen MR) is 96.8 cm³/mol. The molecule has 1 aromatic carbocycles. The number of para-hydroxylation sites is 1. The van der Waals surface area contributed by atoms with E-state index in [-0.39, 0.29) is 24.1 Å². The van der Waals surface area contributed by atoms with Crippen molar-refractivity contribution in [3.05, 3.63) is 65.1 Å². The van der Waals surface area contributed by atoms with Crippen LogP contribution in [0.1, 0.15) is 27.2 Å². The van der Waals surface area contributed by atoms with E-state index in [0.717, 1.165) is 22.4 Å². The van der Waals surface area contributed by atoms with Gasteiger partial charge in [-0.15, -0.1) is 0 Å². The molecule has 0 saturated heterocycles. The second-order valence-corrected chi connectivity index (χ2v) is 6.09. The number of rotatable bonds is 4. The second-order valence-electron chi connectivity index (χ2n) is 6.09. The standard InChI is InChI=1S/C19H20N4O2/c1-12-7-8-23-11-15(21-16(23)9-12)19(25)20-10-17(24)22-18-13(2)5-4-6-14(18)3/h4-9,11H,10H2,1-3H3,(H,20,25)(H,22,24). The summed E-state index contributed by atoms with van der Waals surface area (Å²) in [5, 5.41) is 5.45. The lowest BCUT2D eigenvalue weighted by molar-refractivity contribution is -0.115. The Bertz CT molecular complexity index is 939. The van der Waals surface area contributed by atoms with Crippen LogP contribution in [0.3, 0.4) is 0 Å². The van der Waals surface area contributed by atoms with Crippen molar-refractivity contribution in [2.24, 2.45) is 0 Å². The van der Waals surface area contributed by atoms with Gasteiger partial charge >= 0.3 is 0 Å². The van der Waals surface area contributed by atoms with Gasteiger partial charge in [-0.25, -0.2) is 4.98 Å². The molecule has 3 rings (SSSR count). The van der Waals surface area contributed by atoms with E-state index >= 15 is 0 Å². The lowest BCUT2D eigenvalue weighted by atomic mass is 10.1. The summed E-state index contributed by atoms with van der Waals surface area (Å²) in [7, 11) is 0. The van der Waals surface area contributed by atoms with E-state index in [4.69, 9.17) is 0 Å². The highest BCUT2D eigenvalue weighted by Crippen LogP contribution is 2.19. The minimum absolute atomic E-state index is 0.112. The maximum absolute atomic E-state index is 12.2. The molecule has 0 spiro atoms. The fourth-order valence-electron chi connectivity index (χ4n) is 2.64. The van der Waals surface area contributed by atoms with E-state index in [2.05, 4.69) is 15.6 Å². The first-order valence-corrected chi connectivity index (χ1v) is 8.03. The molecular formula is C19H20N4O2. The number of carbonyl (C=O) groups excluding carboxylic acids is 2. The average molecular weight is 336 g/mol. The minimum Gasteiger partial charge on any atom is -0.342 e. The summed E-state index contributed by atoms with van der Waals surface area (Å²) in [6.07, 6.45) is 3.50. The van der Waals surface area contributed by atoms with Crippen LogP contribution in [0, 0.1) is 20.8 Å². The van der Waals surface area contributed by atoms with Gasteiger partial charge in [-0.3, -0.25) is 9.59 Å². The summed E-state index contributed by atoms with van der Waals surface area (Å²) in [6.45, 7) is 5.71. The number of anilines is 1. The van der Waals surface area contributed by atoms with E-state index < -0.39 is 0 Å². The van der Waals surface area contributed by atoms with Crippen molar-refractivity contribution in [1.29, 1.82) is 0 Å². The molecule has 0 aliphatic heterocycles. The van der Waals surface area contributed by atoms with Gasteiger partial charge in [0.2, 0.25) is 5.91 Å². The van der Waals surface area contributed by atoms with E-state index in [1.54, 1.807) is 10.6 Å². The molecule has 0 fully saturated rings. The molecule has 0 atom stereocenters. The van der Waals surface area contributed by atoms with E-state index in [1.165, 1.54) is 0 Å². The highest BCUT2D eigenvalue weighted by atomic mass is 16.2. The van der Waals surface area contributed by atoms with E-state index in [1.807, 2.05) is 57.3 Å². The summed E-state index contributed by atoms with van der Waals surface area (Å²) in [4.78, 5) is 28.6.